The molecule has 0 spiro atoms. The number of benzene rings is 1. The number of carbonyl (C=O) groups is 1. The summed E-state index contributed by atoms with van der Waals surface area (Å²) in [6.45, 7) is 3.07. The molecule has 0 aliphatic carbocycles. The van der Waals surface area contributed by atoms with Gasteiger partial charge in [-0.25, -0.2) is 0 Å². The van der Waals surface area contributed by atoms with E-state index in [-0.39, 0.29) is 11.9 Å². The summed E-state index contributed by atoms with van der Waals surface area (Å²) in [5, 5.41) is 7.58. The molecule has 1 aromatic carbocycles. The molecular formula is C16H18Cl2N4O2. The summed E-state index contributed by atoms with van der Waals surface area (Å²) in [7, 11) is 0. The first-order valence-electron chi connectivity index (χ1n) is 7.82. The molecule has 0 bridgehead atoms. The number of aromatic nitrogens is 2. The maximum absolute atomic E-state index is 12.7. The van der Waals surface area contributed by atoms with E-state index in [0.29, 0.717) is 34.0 Å². The second-order valence-electron chi connectivity index (χ2n) is 5.84. The highest BCUT2D eigenvalue weighted by atomic mass is 35.5. The fourth-order valence-electron chi connectivity index (χ4n) is 2.85. The van der Waals surface area contributed by atoms with E-state index in [1.807, 2.05) is 0 Å². The minimum absolute atomic E-state index is 0.0654. The zero-order valence-corrected chi connectivity index (χ0v) is 14.8. The molecule has 1 saturated heterocycles. The average molecular weight is 369 g/mol. The molecule has 1 fully saturated rings. The first kappa shape index (κ1) is 17.2. The average Bonchev–Trinajstić information content (AvgIpc) is 2.96. The van der Waals surface area contributed by atoms with Crippen LogP contribution >= 0.6 is 23.2 Å². The van der Waals surface area contributed by atoms with Crippen molar-refractivity contribution >= 4 is 34.8 Å². The number of hydrogen-bond acceptors (Lipinski definition) is 5. The van der Waals surface area contributed by atoms with Crippen LogP contribution in [0.5, 0.6) is 0 Å². The van der Waals surface area contributed by atoms with Gasteiger partial charge in [0.15, 0.2) is 5.82 Å². The van der Waals surface area contributed by atoms with Crippen molar-refractivity contribution in [1.29, 1.82) is 0 Å². The van der Waals surface area contributed by atoms with Crippen LogP contribution in [0.2, 0.25) is 10.0 Å². The van der Waals surface area contributed by atoms with Crippen LogP contribution in [0.4, 0.5) is 5.69 Å². The number of nitrogens with zero attached hydrogens (tertiary/aromatic N) is 3. The Bertz CT molecular complexity index is 735. The van der Waals surface area contributed by atoms with Gasteiger partial charge in [0.05, 0.1) is 22.6 Å². The molecule has 1 amide bonds. The van der Waals surface area contributed by atoms with Crippen LogP contribution in [0.15, 0.2) is 22.7 Å². The van der Waals surface area contributed by atoms with Gasteiger partial charge in [-0.15, -0.1) is 0 Å². The third kappa shape index (κ3) is 4.06. The van der Waals surface area contributed by atoms with Crippen molar-refractivity contribution in [3.63, 3.8) is 0 Å². The Morgan fingerprint density at radius 3 is 2.92 bits per heavy atom. The monoisotopic (exact) mass is 368 g/mol. The SMILES string of the molecule is Cc1noc(CN2CCCCC2C(=O)Nc2ccc(Cl)c(Cl)c2)n1. The molecule has 2 aromatic rings. The highest BCUT2D eigenvalue weighted by Crippen LogP contribution is 2.26. The van der Waals surface area contributed by atoms with Crippen molar-refractivity contribution in [2.45, 2.75) is 38.8 Å². The van der Waals surface area contributed by atoms with Crippen LogP contribution in [-0.2, 0) is 11.3 Å². The van der Waals surface area contributed by atoms with Gasteiger partial charge in [0.1, 0.15) is 0 Å². The zero-order chi connectivity index (χ0) is 17.1. The van der Waals surface area contributed by atoms with E-state index in [0.717, 1.165) is 25.8 Å². The Labute approximate surface area is 150 Å². The second kappa shape index (κ2) is 7.51. The number of carbonyl (C=O) groups excluding carboxylic acids is 1. The summed E-state index contributed by atoms with van der Waals surface area (Å²) in [6, 6.07) is 4.82. The molecule has 1 unspecified atom stereocenters. The molecule has 128 valence electrons. The lowest BCUT2D eigenvalue weighted by atomic mass is 10.0. The minimum Gasteiger partial charge on any atom is -0.338 e. The number of halogens is 2. The summed E-state index contributed by atoms with van der Waals surface area (Å²) in [5.41, 5.74) is 0.633. The Kier molecular flexibility index (Phi) is 5.38. The second-order valence-corrected chi connectivity index (χ2v) is 6.65. The summed E-state index contributed by atoms with van der Waals surface area (Å²) in [5.74, 6) is 1.06. The van der Waals surface area contributed by atoms with Crippen LogP contribution < -0.4 is 5.32 Å². The van der Waals surface area contributed by atoms with Crippen molar-refractivity contribution in [2.75, 3.05) is 11.9 Å². The normalized spacial score (nSPS) is 18.5. The summed E-state index contributed by atoms with van der Waals surface area (Å²) in [4.78, 5) is 19.0. The maximum Gasteiger partial charge on any atom is 0.241 e. The van der Waals surface area contributed by atoms with E-state index in [4.69, 9.17) is 27.7 Å². The molecule has 6 nitrogen and oxygen atoms in total. The Morgan fingerprint density at radius 1 is 1.38 bits per heavy atom. The molecule has 2 heterocycles. The zero-order valence-electron chi connectivity index (χ0n) is 13.3. The summed E-state index contributed by atoms with van der Waals surface area (Å²) in [6.07, 6.45) is 2.85. The maximum atomic E-state index is 12.7. The lowest BCUT2D eigenvalue weighted by molar-refractivity contribution is -0.122. The van der Waals surface area contributed by atoms with E-state index < -0.39 is 0 Å². The molecule has 0 saturated carbocycles. The van der Waals surface area contributed by atoms with E-state index >= 15 is 0 Å². The number of rotatable bonds is 4. The van der Waals surface area contributed by atoms with E-state index in [1.165, 1.54) is 0 Å². The van der Waals surface area contributed by atoms with Crippen LogP contribution in [0, 0.1) is 6.92 Å². The van der Waals surface area contributed by atoms with Gasteiger partial charge in [0.2, 0.25) is 11.8 Å². The van der Waals surface area contributed by atoms with Crippen molar-refractivity contribution in [2.24, 2.45) is 0 Å². The van der Waals surface area contributed by atoms with Gasteiger partial charge in [0, 0.05) is 5.69 Å². The molecule has 1 aromatic heterocycles. The molecule has 1 atom stereocenters. The first-order valence-corrected chi connectivity index (χ1v) is 8.57. The predicted molar refractivity (Wildman–Crippen MR) is 92.2 cm³/mol. The van der Waals surface area contributed by atoms with Crippen molar-refractivity contribution in [3.8, 4) is 0 Å². The highest BCUT2D eigenvalue weighted by Gasteiger charge is 2.30. The van der Waals surface area contributed by atoms with E-state index in [9.17, 15) is 4.79 Å². The van der Waals surface area contributed by atoms with E-state index in [2.05, 4.69) is 20.4 Å². The smallest absolute Gasteiger partial charge is 0.241 e. The molecule has 1 aliphatic rings. The van der Waals surface area contributed by atoms with Gasteiger partial charge >= 0.3 is 0 Å². The number of likely N-dealkylation sites (tertiary alicyclic amines) is 1. The molecule has 0 radical (unpaired) electrons. The molecule has 1 aliphatic heterocycles. The van der Waals surface area contributed by atoms with Gasteiger partial charge in [-0.1, -0.05) is 34.8 Å². The van der Waals surface area contributed by atoms with Crippen molar-refractivity contribution in [1.82, 2.24) is 15.0 Å². The Morgan fingerprint density at radius 2 is 2.21 bits per heavy atom. The van der Waals surface area contributed by atoms with Crippen LogP contribution in [0.25, 0.3) is 0 Å². The summed E-state index contributed by atoms with van der Waals surface area (Å²) < 4.78 is 5.18. The van der Waals surface area contributed by atoms with Crippen LogP contribution in [0.3, 0.4) is 0 Å². The number of anilines is 1. The first-order chi connectivity index (χ1) is 11.5. The lowest BCUT2D eigenvalue weighted by Gasteiger charge is -2.33. The minimum atomic E-state index is -0.236. The quantitative estimate of drug-likeness (QED) is 0.890. The van der Waals surface area contributed by atoms with Crippen LogP contribution in [-0.4, -0.2) is 33.5 Å². The third-order valence-corrected chi connectivity index (χ3v) is 4.75. The lowest BCUT2D eigenvalue weighted by Crippen LogP contribution is -2.46. The topological polar surface area (TPSA) is 71.3 Å². The molecular weight excluding hydrogens is 351 g/mol. The number of piperidine rings is 1. The Balaban J connectivity index is 1.69. The third-order valence-electron chi connectivity index (χ3n) is 4.01. The summed E-state index contributed by atoms with van der Waals surface area (Å²) >= 11 is 11.9. The Hall–Kier alpha value is -1.63. The van der Waals surface area contributed by atoms with Crippen molar-refractivity contribution in [3.05, 3.63) is 40.0 Å². The number of nitrogens with one attached hydrogen (secondary N) is 1. The standard InChI is InChI=1S/C16H18Cl2N4O2/c1-10-19-15(24-21-10)9-22-7-3-2-4-14(22)16(23)20-11-5-6-12(17)13(18)8-11/h5-6,8,14H,2-4,7,9H2,1H3,(H,20,23). The van der Waals surface area contributed by atoms with E-state index in [1.54, 1.807) is 25.1 Å². The predicted octanol–water partition coefficient (Wildman–Crippen LogP) is 3.68. The molecule has 3 rings (SSSR count). The van der Waals surface area contributed by atoms with Gasteiger partial charge in [0.25, 0.3) is 0 Å². The van der Waals surface area contributed by atoms with Gasteiger partial charge < -0.3 is 9.84 Å². The fraction of sp³-hybridized carbons (Fsp3) is 0.438. The molecule has 24 heavy (non-hydrogen) atoms. The van der Waals surface area contributed by atoms with Gasteiger partial charge in [-0.3, -0.25) is 9.69 Å². The van der Waals surface area contributed by atoms with Crippen molar-refractivity contribution < 1.29 is 9.32 Å². The fourth-order valence-corrected chi connectivity index (χ4v) is 3.15. The largest absolute Gasteiger partial charge is 0.338 e. The number of amides is 1. The highest BCUT2D eigenvalue weighted by molar-refractivity contribution is 6.42. The number of hydrogen-bond donors (Lipinski definition) is 1. The van der Waals surface area contributed by atoms with Gasteiger partial charge in [-0.2, -0.15) is 4.98 Å². The van der Waals surface area contributed by atoms with Gasteiger partial charge in [-0.05, 0) is 44.5 Å². The van der Waals surface area contributed by atoms with Crippen LogP contribution in [0.1, 0.15) is 31.0 Å². The molecule has 1 N–H and O–H groups in total. The molecule has 8 heteroatoms. The number of aryl methyl sites for hydroxylation is 1.